The maximum atomic E-state index is 10.3. The molecule has 0 atom stereocenters. The van der Waals surface area contributed by atoms with E-state index in [2.05, 4.69) is 10.2 Å². The zero-order valence-electron chi connectivity index (χ0n) is 7.67. The van der Waals surface area contributed by atoms with Gasteiger partial charge in [-0.15, -0.1) is 11.8 Å². The molecule has 79 valence electrons. The van der Waals surface area contributed by atoms with E-state index in [1.807, 2.05) is 0 Å². The second-order valence-corrected chi connectivity index (χ2v) is 4.85. The summed E-state index contributed by atoms with van der Waals surface area (Å²) in [4.78, 5) is 24.3. The number of aliphatic carboxylic acids is 1. The molecule has 15 heavy (non-hydrogen) atoms. The smallest absolute Gasteiger partial charge is 0.328 e. The van der Waals surface area contributed by atoms with Crippen molar-refractivity contribution < 1.29 is 14.7 Å². The first kappa shape index (κ1) is 12.1. The second-order valence-electron chi connectivity index (χ2n) is 2.42. The average Bonchev–Trinajstić information content (AvgIpc) is 2.62. The molecule has 1 aromatic rings. The van der Waals surface area contributed by atoms with Gasteiger partial charge in [-0.3, -0.25) is 4.79 Å². The highest BCUT2D eigenvalue weighted by atomic mass is 32.2. The van der Waals surface area contributed by atoms with Crippen molar-refractivity contribution in [2.75, 3.05) is 11.0 Å². The molecular weight excluding hydrogens is 235 g/mol. The second kappa shape index (κ2) is 6.47. The van der Waals surface area contributed by atoms with Gasteiger partial charge in [0.05, 0.1) is 16.8 Å². The van der Waals surface area contributed by atoms with Crippen molar-refractivity contribution in [1.82, 2.24) is 4.98 Å². The monoisotopic (exact) mass is 243 g/mol. The molecule has 8 heteroatoms. The summed E-state index contributed by atoms with van der Waals surface area (Å²) in [5.74, 6) is -0.284. The van der Waals surface area contributed by atoms with Gasteiger partial charge in [-0.1, -0.05) is 11.3 Å². The highest BCUT2D eigenvalue weighted by Crippen LogP contribution is 2.28. The molecule has 2 N–H and O–H groups in total. The molecular formula is C7H8BN2O3S2. The zero-order chi connectivity index (χ0) is 11.1. The third-order valence-electron chi connectivity index (χ3n) is 1.32. The summed E-state index contributed by atoms with van der Waals surface area (Å²) in [7, 11) is 1.25. The lowest BCUT2D eigenvalue weighted by atomic mass is 10.0. The minimum Gasteiger partial charge on any atom is -0.481 e. The first-order chi connectivity index (χ1) is 7.22. The van der Waals surface area contributed by atoms with Gasteiger partial charge in [0.25, 0.3) is 0 Å². The van der Waals surface area contributed by atoms with Gasteiger partial charge in [0, 0.05) is 5.75 Å². The molecule has 0 aliphatic heterocycles. The summed E-state index contributed by atoms with van der Waals surface area (Å²) in [5.41, 5.74) is 0. The standard InChI is InChI=1S/C7H8BN2O3S2/c11-4-8-10-7-9-3-6(15-7)14-2-1-5(12)13/h3-4H,1-2H2,(H,9,10)(H,12,13). The molecule has 1 heterocycles. The number of anilines is 1. The van der Waals surface area contributed by atoms with E-state index >= 15 is 0 Å². The molecule has 0 unspecified atom stereocenters. The highest BCUT2D eigenvalue weighted by Gasteiger charge is 2.03. The van der Waals surface area contributed by atoms with Crippen molar-refractivity contribution >= 4 is 47.8 Å². The number of aromatic nitrogens is 1. The maximum Gasteiger partial charge on any atom is 0.328 e. The molecule has 0 bridgehead atoms. The number of hydrogen-bond acceptors (Lipinski definition) is 6. The molecule has 0 aromatic carbocycles. The number of thiazole rings is 1. The third kappa shape index (κ3) is 4.84. The largest absolute Gasteiger partial charge is 0.481 e. The van der Waals surface area contributed by atoms with Crippen LogP contribution in [0.4, 0.5) is 5.13 Å². The van der Waals surface area contributed by atoms with E-state index in [0.717, 1.165) is 4.21 Å². The van der Waals surface area contributed by atoms with E-state index in [-0.39, 0.29) is 6.42 Å². The quantitative estimate of drug-likeness (QED) is 0.421. The molecule has 0 amide bonds. The summed E-state index contributed by atoms with van der Waals surface area (Å²) in [5, 5.41) is 11.8. The van der Waals surface area contributed by atoms with Crippen LogP contribution in [0, 0.1) is 0 Å². The molecule has 0 aliphatic carbocycles. The lowest BCUT2D eigenvalue weighted by Crippen LogP contribution is -2.06. The van der Waals surface area contributed by atoms with Crippen molar-refractivity contribution in [3.05, 3.63) is 6.20 Å². The summed E-state index contributed by atoms with van der Waals surface area (Å²) in [6, 6.07) is 0. The van der Waals surface area contributed by atoms with Gasteiger partial charge in [-0.05, 0) is 0 Å². The molecule has 5 nitrogen and oxygen atoms in total. The first-order valence-corrected chi connectivity index (χ1v) is 5.86. The Bertz CT molecular complexity index is 345. The summed E-state index contributed by atoms with van der Waals surface area (Å²) < 4.78 is 0.929. The Morgan fingerprint density at radius 2 is 2.60 bits per heavy atom. The van der Waals surface area contributed by atoms with Gasteiger partial charge in [0.2, 0.25) is 0 Å². The van der Waals surface area contributed by atoms with Gasteiger partial charge < -0.3 is 15.1 Å². The third-order valence-corrected chi connectivity index (χ3v) is 3.44. The van der Waals surface area contributed by atoms with Crippen LogP contribution in [0.15, 0.2) is 10.4 Å². The van der Waals surface area contributed by atoms with Crippen molar-refractivity contribution in [2.24, 2.45) is 0 Å². The molecule has 1 aromatic heterocycles. The van der Waals surface area contributed by atoms with Crippen LogP contribution >= 0.6 is 23.1 Å². The summed E-state index contributed by atoms with van der Waals surface area (Å²) in [6.07, 6.45) is 2.42. The lowest BCUT2D eigenvalue weighted by Gasteiger charge is -1.93. The van der Waals surface area contributed by atoms with Crippen LogP contribution < -0.4 is 5.23 Å². The number of nitrogens with one attached hydrogen (secondary N) is 1. The minimum atomic E-state index is -0.806. The van der Waals surface area contributed by atoms with E-state index in [1.54, 1.807) is 6.20 Å². The number of nitrogens with zero attached hydrogens (tertiary/aromatic N) is 1. The van der Waals surface area contributed by atoms with Gasteiger partial charge in [0.1, 0.15) is 6.19 Å². The number of carbonyl (C=O) groups is 2. The van der Waals surface area contributed by atoms with Crippen LogP contribution in [0.5, 0.6) is 0 Å². The van der Waals surface area contributed by atoms with Crippen molar-refractivity contribution in [2.45, 2.75) is 10.6 Å². The molecule has 1 radical (unpaired) electrons. The minimum absolute atomic E-state index is 0.131. The van der Waals surface area contributed by atoms with Gasteiger partial charge in [-0.25, -0.2) is 4.98 Å². The predicted octanol–water partition coefficient (Wildman–Crippen LogP) is 0.931. The predicted molar refractivity (Wildman–Crippen MR) is 61.2 cm³/mol. The van der Waals surface area contributed by atoms with E-state index < -0.39 is 5.97 Å². The Hall–Kier alpha value is -1.02. The number of carboxylic acid groups (broad SMARTS) is 1. The number of thioether (sulfide) groups is 1. The average molecular weight is 243 g/mol. The summed E-state index contributed by atoms with van der Waals surface area (Å²) >= 11 is 2.82. The van der Waals surface area contributed by atoms with Gasteiger partial charge in [-0.2, -0.15) is 0 Å². The number of carboxylic acids is 1. The molecule has 0 aliphatic rings. The van der Waals surface area contributed by atoms with Gasteiger partial charge >= 0.3 is 13.4 Å². The van der Waals surface area contributed by atoms with Crippen molar-refractivity contribution in [3.8, 4) is 0 Å². The Morgan fingerprint density at radius 3 is 3.27 bits per heavy atom. The fourth-order valence-electron chi connectivity index (χ4n) is 0.737. The normalized spacial score (nSPS) is 9.60. The Kier molecular flexibility index (Phi) is 5.20. The lowest BCUT2D eigenvalue weighted by molar-refractivity contribution is -0.136. The van der Waals surface area contributed by atoms with Gasteiger partial charge in [0.15, 0.2) is 5.13 Å². The number of carbonyl (C=O) groups excluding carboxylic acids is 1. The molecule has 0 fully saturated rings. The molecule has 0 saturated heterocycles. The van der Waals surface area contributed by atoms with Crippen molar-refractivity contribution in [3.63, 3.8) is 0 Å². The fourth-order valence-corrected chi connectivity index (χ4v) is 2.59. The van der Waals surface area contributed by atoms with E-state index in [1.165, 1.54) is 30.5 Å². The van der Waals surface area contributed by atoms with E-state index in [4.69, 9.17) is 5.11 Å². The molecule has 1 rings (SSSR count). The maximum absolute atomic E-state index is 10.3. The Morgan fingerprint density at radius 1 is 1.80 bits per heavy atom. The Labute approximate surface area is 95.6 Å². The van der Waals surface area contributed by atoms with E-state index in [0.29, 0.717) is 17.1 Å². The molecule has 0 spiro atoms. The van der Waals surface area contributed by atoms with Crippen LogP contribution in [0.2, 0.25) is 0 Å². The first-order valence-electron chi connectivity index (χ1n) is 4.06. The SMILES string of the molecule is O=C[B]Nc1ncc(SCCC(=O)O)s1. The molecule has 0 saturated carbocycles. The number of hydrogen-bond donors (Lipinski definition) is 2. The van der Waals surface area contributed by atoms with E-state index in [9.17, 15) is 9.59 Å². The van der Waals surface area contributed by atoms with Crippen LogP contribution in [0.25, 0.3) is 0 Å². The fraction of sp³-hybridized carbons (Fsp3) is 0.286. The van der Waals surface area contributed by atoms with Crippen LogP contribution in [-0.4, -0.2) is 35.4 Å². The van der Waals surface area contributed by atoms with Crippen molar-refractivity contribution in [1.29, 1.82) is 0 Å². The van der Waals surface area contributed by atoms with Crippen LogP contribution in [-0.2, 0) is 9.59 Å². The Balaban J connectivity index is 2.32. The van der Waals surface area contributed by atoms with Crippen LogP contribution in [0.3, 0.4) is 0 Å². The zero-order valence-corrected chi connectivity index (χ0v) is 9.31. The summed E-state index contributed by atoms with van der Waals surface area (Å²) in [6.45, 7) is 0. The van der Waals surface area contributed by atoms with Crippen LogP contribution in [0.1, 0.15) is 6.42 Å². The number of rotatable bonds is 7. The topological polar surface area (TPSA) is 79.3 Å². The highest BCUT2D eigenvalue weighted by molar-refractivity contribution is 8.01.